The van der Waals surface area contributed by atoms with Crippen molar-refractivity contribution in [2.24, 2.45) is 0 Å². The minimum Gasteiger partial charge on any atom is -0.463 e. The number of alkyl halides is 1. The van der Waals surface area contributed by atoms with Crippen LogP contribution in [0.2, 0.25) is 0 Å². The van der Waals surface area contributed by atoms with Gasteiger partial charge in [0.25, 0.3) is 0 Å². The molecule has 0 saturated carbocycles. The predicted octanol–water partition coefficient (Wildman–Crippen LogP) is 1.02. The number of hydrogen-bond acceptors (Lipinski definition) is 6. The first-order valence-corrected chi connectivity index (χ1v) is 6.38. The molecule has 1 heterocycles. The molecule has 6 nitrogen and oxygen atoms in total. The van der Waals surface area contributed by atoms with E-state index in [9.17, 15) is 9.59 Å². The molecule has 1 rings (SSSR count). The van der Waals surface area contributed by atoms with E-state index >= 15 is 0 Å². The molecule has 108 valence electrons. The molecule has 3 atom stereocenters. The van der Waals surface area contributed by atoms with Crippen molar-refractivity contribution in [2.75, 3.05) is 19.1 Å². The molecular weight excluding hydrogens is 276 g/mol. The molecule has 0 aromatic heterocycles. The molecule has 1 aliphatic heterocycles. The van der Waals surface area contributed by atoms with E-state index in [1.807, 2.05) is 0 Å². The van der Waals surface area contributed by atoms with Crippen molar-refractivity contribution >= 4 is 23.5 Å². The van der Waals surface area contributed by atoms with Gasteiger partial charge in [-0.2, -0.15) is 0 Å². The van der Waals surface area contributed by atoms with Gasteiger partial charge in [-0.15, -0.1) is 11.6 Å². The third-order valence-corrected chi connectivity index (χ3v) is 2.40. The van der Waals surface area contributed by atoms with Crippen LogP contribution in [0.3, 0.4) is 0 Å². The summed E-state index contributed by atoms with van der Waals surface area (Å²) in [6.07, 6.45) is 1.49. The normalized spacial score (nSPS) is 25.9. The summed E-state index contributed by atoms with van der Waals surface area (Å²) in [5, 5.41) is 0. The Kier molecular flexibility index (Phi) is 6.83. The van der Waals surface area contributed by atoms with Gasteiger partial charge >= 0.3 is 11.9 Å². The third-order valence-electron chi connectivity index (χ3n) is 2.25. The van der Waals surface area contributed by atoms with Crippen molar-refractivity contribution in [3.8, 4) is 0 Å². The fourth-order valence-electron chi connectivity index (χ4n) is 1.52. The van der Waals surface area contributed by atoms with Gasteiger partial charge in [-0.1, -0.05) is 0 Å². The van der Waals surface area contributed by atoms with Crippen molar-refractivity contribution in [1.29, 1.82) is 0 Å². The molecule has 0 radical (unpaired) electrons. The molecule has 0 N–H and O–H groups in total. The Bertz CT molecular complexity index is 343. The first-order chi connectivity index (χ1) is 9.02. The third kappa shape index (κ3) is 6.04. The van der Waals surface area contributed by atoms with Gasteiger partial charge in [0.1, 0.15) is 18.8 Å². The van der Waals surface area contributed by atoms with Gasteiger partial charge in [0, 0.05) is 19.7 Å². The number of carbonyl (C=O) groups is 2. The van der Waals surface area contributed by atoms with Crippen molar-refractivity contribution < 1.29 is 28.5 Å². The van der Waals surface area contributed by atoms with Crippen LogP contribution >= 0.6 is 11.6 Å². The monoisotopic (exact) mass is 292 g/mol. The van der Waals surface area contributed by atoms with Crippen molar-refractivity contribution in [3.63, 3.8) is 0 Å². The lowest BCUT2D eigenvalue weighted by atomic mass is 10.1. The van der Waals surface area contributed by atoms with Gasteiger partial charge in [0.05, 0.1) is 6.61 Å². The van der Waals surface area contributed by atoms with Crippen LogP contribution < -0.4 is 0 Å². The SMILES string of the molecule is CC(=O)OCC1O[C@H](OCCCl)C=C[C@@H]1OC(C)=O. The van der Waals surface area contributed by atoms with E-state index in [0.717, 1.165) is 0 Å². The van der Waals surface area contributed by atoms with E-state index in [4.69, 9.17) is 30.5 Å². The van der Waals surface area contributed by atoms with Crippen LogP contribution in [-0.4, -0.2) is 49.5 Å². The molecule has 1 unspecified atom stereocenters. The largest absolute Gasteiger partial charge is 0.463 e. The summed E-state index contributed by atoms with van der Waals surface area (Å²) in [4.78, 5) is 21.8. The summed E-state index contributed by atoms with van der Waals surface area (Å²) in [6, 6.07) is 0. The first kappa shape index (κ1) is 15.9. The number of halogens is 1. The molecule has 0 aliphatic carbocycles. The van der Waals surface area contributed by atoms with Gasteiger partial charge in [-0.05, 0) is 12.2 Å². The molecule has 0 saturated heterocycles. The Balaban J connectivity index is 2.60. The minimum absolute atomic E-state index is 0.0155. The van der Waals surface area contributed by atoms with Gasteiger partial charge in [0.2, 0.25) is 0 Å². The smallest absolute Gasteiger partial charge is 0.303 e. The number of hydrogen-bond donors (Lipinski definition) is 0. The Labute approximate surface area is 116 Å². The van der Waals surface area contributed by atoms with Crippen molar-refractivity contribution in [1.82, 2.24) is 0 Å². The van der Waals surface area contributed by atoms with E-state index in [1.165, 1.54) is 13.8 Å². The standard InChI is InChI=1S/C12H17ClO6/c1-8(14)17-7-11-10(18-9(2)15)3-4-12(19-11)16-6-5-13/h3-4,10-12H,5-7H2,1-2H3/t10-,11?,12-/m0/s1. The molecule has 0 aromatic rings. The number of rotatable bonds is 6. The van der Waals surface area contributed by atoms with Crippen LogP contribution in [0.1, 0.15) is 13.8 Å². The summed E-state index contributed by atoms with van der Waals surface area (Å²) < 4.78 is 20.8. The van der Waals surface area contributed by atoms with E-state index in [0.29, 0.717) is 12.5 Å². The van der Waals surface area contributed by atoms with Crippen molar-refractivity contribution in [3.05, 3.63) is 12.2 Å². The predicted molar refractivity (Wildman–Crippen MR) is 66.7 cm³/mol. The molecule has 7 heteroatoms. The summed E-state index contributed by atoms with van der Waals surface area (Å²) in [5.41, 5.74) is 0. The van der Waals surface area contributed by atoms with E-state index < -0.39 is 30.4 Å². The molecule has 0 bridgehead atoms. The fraction of sp³-hybridized carbons (Fsp3) is 0.667. The summed E-state index contributed by atoms with van der Waals surface area (Å²) in [6.45, 7) is 2.90. The number of ether oxygens (including phenoxy) is 4. The highest BCUT2D eigenvalue weighted by Gasteiger charge is 2.30. The van der Waals surface area contributed by atoms with Crippen LogP contribution in [-0.2, 0) is 28.5 Å². The Hall–Kier alpha value is -1.11. The maximum absolute atomic E-state index is 11.0. The molecule has 19 heavy (non-hydrogen) atoms. The van der Waals surface area contributed by atoms with Crippen LogP contribution in [0, 0.1) is 0 Å². The van der Waals surface area contributed by atoms with Gasteiger partial charge < -0.3 is 18.9 Å². The quantitative estimate of drug-likeness (QED) is 0.413. The van der Waals surface area contributed by atoms with E-state index in [1.54, 1.807) is 12.2 Å². The highest BCUT2D eigenvalue weighted by molar-refractivity contribution is 6.17. The fourth-order valence-corrected chi connectivity index (χ4v) is 1.60. The maximum atomic E-state index is 11.0. The second-order valence-electron chi connectivity index (χ2n) is 3.86. The van der Waals surface area contributed by atoms with Crippen LogP contribution in [0.5, 0.6) is 0 Å². The average Bonchev–Trinajstić information content (AvgIpc) is 2.35. The molecule has 1 aliphatic rings. The second-order valence-corrected chi connectivity index (χ2v) is 4.24. The zero-order valence-corrected chi connectivity index (χ0v) is 11.6. The highest BCUT2D eigenvalue weighted by Crippen LogP contribution is 2.17. The van der Waals surface area contributed by atoms with Crippen LogP contribution in [0.4, 0.5) is 0 Å². The Morgan fingerprint density at radius 3 is 2.58 bits per heavy atom. The van der Waals surface area contributed by atoms with Crippen LogP contribution in [0.25, 0.3) is 0 Å². The molecular formula is C12H17ClO6. The lowest BCUT2D eigenvalue weighted by molar-refractivity contribution is -0.195. The summed E-state index contributed by atoms with van der Waals surface area (Å²) in [5.74, 6) is -0.528. The summed E-state index contributed by atoms with van der Waals surface area (Å²) in [7, 11) is 0. The molecule has 0 amide bonds. The Morgan fingerprint density at radius 1 is 1.26 bits per heavy atom. The lowest BCUT2D eigenvalue weighted by Crippen LogP contribution is -2.42. The molecule has 0 aromatic carbocycles. The minimum atomic E-state index is -0.604. The lowest BCUT2D eigenvalue weighted by Gasteiger charge is -2.31. The topological polar surface area (TPSA) is 71.1 Å². The first-order valence-electron chi connectivity index (χ1n) is 5.85. The van der Waals surface area contributed by atoms with Crippen LogP contribution in [0.15, 0.2) is 12.2 Å². The van der Waals surface area contributed by atoms with E-state index in [-0.39, 0.29) is 6.61 Å². The van der Waals surface area contributed by atoms with Crippen molar-refractivity contribution in [2.45, 2.75) is 32.3 Å². The number of esters is 2. The molecule has 0 fully saturated rings. The number of carbonyl (C=O) groups excluding carboxylic acids is 2. The maximum Gasteiger partial charge on any atom is 0.303 e. The zero-order chi connectivity index (χ0) is 14.3. The van der Waals surface area contributed by atoms with Gasteiger partial charge in [-0.3, -0.25) is 9.59 Å². The van der Waals surface area contributed by atoms with E-state index in [2.05, 4.69) is 0 Å². The average molecular weight is 293 g/mol. The van der Waals surface area contributed by atoms with Gasteiger partial charge in [-0.25, -0.2) is 0 Å². The molecule has 0 spiro atoms. The van der Waals surface area contributed by atoms with Gasteiger partial charge in [0.15, 0.2) is 6.29 Å². The Morgan fingerprint density at radius 2 is 2.00 bits per heavy atom. The summed E-state index contributed by atoms with van der Waals surface area (Å²) >= 11 is 5.51. The highest BCUT2D eigenvalue weighted by atomic mass is 35.5. The zero-order valence-electron chi connectivity index (χ0n) is 10.8. The second kappa shape index (κ2) is 8.14.